The molecule has 5 heteroatoms. The highest BCUT2D eigenvalue weighted by atomic mass is 19.1. The number of halogens is 1. The lowest BCUT2D eigenvalue weighted by molar-refractivity contribution is -0.137. The van der Waals surface area contributed by atoms with E-state index in [2.05, 4.69) is 4.90 Å². The van der Waals surface area contributed by atoms with Crippen LogP contribution in [0.15, 0.2) is 78.9 Å². The van der Waals surface area contributed by atoms with Crippen LogP contribution in [-0.4, -0.2) is 22.5 Å². The van der Waals surface area contributed by atoms with Crippen LogP contribution < -0.4 is 4.74 Å². The third-order valence-electron chi connectivity index (χ3n) is 4.76. The van der Waals surface area contributed by atoms with Gasteiger partial charge in [-0.3, -0.25) is 9.69 Å². The first-order chi connectivity index (χ1) is 14.6. The number of nitrogens with zero attached hydrogens (tertiary/aromatic N) is 1. The molecular formula is C25H26FNO3. The number of aliphatic carboxylic acids is 1. The predicted octanol–water partition coefficient (Wildman–Crippen LogP) is 5.27. The van der Waals surface area contributed by atoms with Crippen LogP contribution >= 0.6 is 0 Å². The maximum atomic E-state index is 13.2. The van der Waals surface area contributed by atoms with E-state index in [1.165, 1.54) is 12.1 Å². The molecule has 0 heterocycles. The van der Waals surface area contributed by atoms with Crippen molar-refractivity contribution in [2.24, 2.45) is 0 Å². The van der Waals surface area contributed by atoms with Gasteiger partial charge in [0.1, 0.15) is 18.2 Å². The maximum absolute atomic E-state index is 13.2. The Bertz CT molecular complexity index is 911. The highest BCUT2D eigenvalue weighted by molar-refractivity contribution is 5.66. The molecular weight excluding hydrogens is 381 g/mol. The lowest BCUT2D eigenvalue weighted by Gasteiger charge is -2.22. The molecule has 3 aromatic rings. The number of hydrogen-bond donors (Lipinski definition) is 1. The Labute approximate surface area is 176 Å². The van der Waals surface area contributed by atoms with E-state index < -0.39 is 5.97 Å². The van der Waals surface area contributed by atoms with Crippen LogP contribution in [0.1, 0.15) is 29.5 Å². The standard InChI is InChI=1S/C25H26FNO3/c26-23-12-8-20(9-13-23)17-27(16-4-7-25(28)29)18-21-10-14-24(15-11-21)30-19-22-5-2-1-3-6-22/h1-3,5-6,8-15H,4,7,16-19H2,(H,28,29). The largest absolute Gasteiger partial charge is 0.489 e. The van der Waals surface area contributed by atoms with E-state index in [4.69, 9.17) is 9.84 Å². The molecule has 156 valence electrons. The number of benzene rings is 3. The number of carboxylic acids is 1. The molecule has 4 nitrogen and oxygen atoms in total. The van der Waals surface area contributed by atoms with E-state index in [-0.39, 0.29) is 12.2 Å². The van der Waals surface area contributed by atoms with Crippen LogP contribution in [0.2, 0.25) is 0 Å². The summed E-state index contributed by atoms with van der Waals surface area (Å²) in [6.45, 7) is 2.48. The molecule has 0 saturated heterocycles. The smallest absolute Gasteiger partial charge is 0.303 e. The number of carbonyl (C=O) groups is 1. The first-order valence-corrected chi connectivity index (χ1v) is 10.0. The van der Waals surface area contributed by atoms with Gasteiger partial charge in [-0.25, -0.2) is 4.39 Å². The number of hydrogen-bond acceptors (Lipinski definition) is 3. The Morgan fingerprint density at radius 3 is 2.03 bits per heavy atom. The molecule has 0 aliphatic carbocycles. The summed E-state index contributed by atoms with van der Waals surface area (Å²) in [6, 6.07) is 24.4. The summed E-state index contributed by atoms with van der Waals surface area (Å²) in [6.07, 6.45) is 0.695. The van der Waals surface area contributed by atoms with E-state index in [1.807, 2.05) is 54.6 Å². The average molecular weight is 407 g/mol. The van der Waals surface area contributed by atoms with Gasteiger partial charge in [-0.1, -0.05) is 54.6 Å². The van der Waals surface area contributed by atoms with Gasteiger partial charge in [-0.15, -0.1) is 0 Å². The van der Waals surface area contributed by atoms with Crippen molar-refractivity contribution in [1.82, 2.24) is 4.90 Å². The zero-order valence-electron chi connectivity index (χ0n) is 16.8. The Kier molecular flexibility index (Phi) is 7.98. The zero-order chi connectivity index (χ0) is 21.2. The molecule has 30 heavy (non-hydrogen) atoms. The maximum Gasteiger partial charge on any atom is 0.303 e. The van der Waals surface area contributed by atoms with Gasteiger partial charge in [0.15, 0.2) is 0 Å². The van der Waals surface area contributed by atoms with E-state index in [1.54, 1.807) is 12.1 Å². The van der Waals surface area contributed by atoms with Crippen molar-refractivity contribution in [3.8, 4) is 5.75 Å². The minimum absolute atomic E-state index is 0.131. The summed E-state index contributed by atoms with van der Waals surface area (Å²) in [7, 11) is 0. The number of carboxylic acid groups (broad SMARTS) is 1. The van der Waals surface area contributed by atoms with Gasteiger partial charge in [-0.2, -0.15) is 0 Å². The molecule has 0 bridgehead atoms. The Balaban J connectivity index is 1.59. The molecule has 0 saturated carbocycles. The van der Waals surface area contributed by atoms with E-state index in [0.717, 1.165) is 22.4 Å². The third kappa shape index (κ3) is 7.33. The van der Waals surface area contributed by atoms with Crippen molar-refractivity contribution < 1.29 is 19.0 Å². The van der Waals surface area contributed by atoms with Gasteiger partial charge < -0.3 is 9.84 Å². The fourth-order valence-corrected chi connectivity index (χ4v) is 3.21. The first kappa shape index (κ1) is 21.5. The molecule has 0 unspecified atom stereocenters. The normalized spacial score (nSPS) is 10.9. The van der Waals surface area contributed by atoms with E-state index in [0.29, 0.717) is 32.7 Å². The molecule has 3 aromatic carbocycles. The fourth-order valence-electron chi connectivity index (χ4n) is 3.21. The van der Waals surface area contributed by atoms with Gasteiger partial charge in [0.05, 0.1) is 0 Å². The lowest BCUT2D eigenvalue weighted by Crippen LogP contribution is -2.24. The van der Waals surface area contributed by atoms with Crippen LogP contribution in [0.3, 0.4) is 0 Å². The minimum atomic E-state index is -0.795. The van der Waals surface area contributed by atoms with Crippen LogP contribution in [-0.2, 0) is 24.5 Å². The summed E-state index contributed by atoms with van der Waals surface area (Å²) >= 11 is 0. The van der Waals surface area contributed by atoms with Crippen LogP contribution in [0.5, 0.6) is 5.75 Å². The second-order valence-electron chi connectivity index (χ2n) is 7.25. The van der Waals surface area contributed by atoms with Gasteiger partial charge in [0, 0.05) is 19.5 Å². The predicted molar refractivity (Wildman–Crippen MR) is 115 cm³/mol. The number of ether oxygens (including phenoxy) is 1. The fraction of sp³-hybridized carbons (Fsp3) is 0.240. The molecule has 3 rings (SSSR count). The van der Waals surface area contributed by atoms with Gasteiger partial charge in [-0.05, 0) is 53.9 Å². The molecule has 1 N–H and O–H groups in total. The SMILES string of the molecule is O=C(O)CCCN(Cc1ccc(F)cc1)Cc1ccc(OCc2ccccc2)cc1. The summed E-state index contributed by atoms with van der Waals surface area (Å²) in [5, 5.41) is 8.93. The first-order valence-electron chi connectivity index (χ1n) is 10.0. The third-order valence-corrected chi connectivity index (χ3v) is 4.76. The monoisotopic (exact) mass is 407 g/mol. The summed E-state index contributed by atoms with van der Waals surface area (Å²) in [4.78, 5) is 13.0. The molecule has 0 aliphatic heterocycles. The van der Waals surface area contributed by atoms with E-state index in [9.17, 15) is 9.18 Å². The Morgan fingerprint density at radius 2 is 1.43 bits per heavy atom. The Hall–Kier alpha value is -3.18. The highest BCUT2D eigenvalue weighted by Crippen LogP contribution is 2.17. The van der Waals surface area contributed by atoms with Gasteiger partial charge in [0.25, 0.3) is 0 Å². The number of rotatable bonds is 11. The van der Waals surface area contributed by atoms with Crippen molar-refractivity contribution in [2.75, 3.05) is 6.54 Å². The molecule has 0 fully saturated rings. The molecule has 0 aliphatic rings. The second kappa shape index (κ2) is 11.1. The molecule has 0 radical (unpaired) electrons. The molecule has 0 amide bonds. The molecule has 0 spiro atoms. The summed E-state index contributed by atoms with van der Waals surface area (Å²) in [5.74, 6) is -0.252. The summed E-state index contributed by atoms with van der Waals surface area (Å²) in [5.41, 5.74) is 3.22. The lowest BCUT2D eigenvalue weighted by atomic mass is 10.1. The van der Waals surface area contributed by atoms with Crippen LogP contribution in [0.4, 0.5) is 4.39 Å². The average Bonchev–Trinajstić information content (AvgIpc) is 2.75. The van der Waals surface area contributed by atoms with Gasteiger partial charge >= 0.3 is 5.97 Å². The van der Waals surface area contributed by atoms with Crippen LogP contribution in [0, 0.1) is 5.82 Å². The van der Waals surface area contributed by atoms with Crippen molar-refractivity contribution >= 4 is 5.97 Å². The van der Waals surface area contributed by atoms with Crippen molar-refractivity contribution in [3.05, 3.63) is 101 Å². The molecule has 0 aromatic heterocycles. The Morgan fingerprint density at radius 1 is 0.833 bits per heavy atom. The topological polar surface area (TPSA) is 49.8 Å². The second-order valence-corrected chi connectivity index (χ2v) is 7.25. The minimum Gasteiger partial charge on any atom is -0.489 e. The van der Waals surface area contributed by atoms with Crippen LogP contribution in [0.25, 0.3) is 0 Å². The van der Waals surface area contributed by atoms with Crippen molar-refractivity contribution in [2.45, 2.75) is 32.5 Å². The zero-order valence-corrected chi connectivity index (χ0v) is 16.8. The van der Waals surface area contributed by atoms with Crippen molar-refractivity contribution in [1.29, 1.82) is 0 Å². The van der Waals surface area contributed by atoms with Gasteiger partial charge in [0.2, 0.25) is 0 Å². The highest BCUT2D eigenvalue weighted by Gasteiger charge is 2.09. The summed E-state index contributed by atoms with van der Waals surface area (Å²) < 4.78 is 19.0. The molecule has 0 atom stereocenters. The van der Waals surface area contributed by atoms with E-state index >= 15 is 0 Å². The van der Waals surface area contributed by atoms with Crippen molar-refractivity contribution in [3.63, 3.8) is 0 Å². The quantitative estimate of drug-likeness (QED) is 0.470.